The van der Waals surface area contributed by atoms with Crippen LogP contribution < -0.4 is 0 Å². The zero-order valence-corrected chi connectivity index (χ0v) is 17.4. The summed E-state index contributed by atoms with van der Waals surface area (Å²) in [5.74, 6) is 2.02. The third kappa shape index (κ3) is 3.85. The molecule has 0 aromatic carbocycles. The Morgan fingerprint density at radius 3 is 2.93 bits per heavy atom. The van der Waals surface area contributed by atoms with Crippen molar-refractivity contribution >= 4 is 11.3 Å². The number of aliphatic hydroxyl groups is 1. The number of aliphatic hydroxyl groups excluding tert-OH is 1. The van der Waals surface area contributed by atoms with Gasteiger partial charge in [-0.05, 0) is 42.0 Å². The molecule has 8 heteroatoms. The zero-order chi connectivity index (χ0) is 19.8. The summed E-state index contributed by atoms with van der Waals surface area (Å²) in [6, 6.07) is 6.32. The molecule has 0 bridgehead atoms. The van der Waals surface area contributed by atoms with Gasteiger partial charge in [0.15, 0.2) is 5.82 Å². The summed E-state index contributed by atoms with van der Waals surface area (Å²) >= 11 is 1.83. The predicted molar refractivity (Wildman–Crippen MR) is 111 cm³/mol. The SMILES string of the molecule is Cc1ccsc1CN1CCn2c(nnc2[C@@H]2C[C@@H](O)CN2Cc2cccnc2)C1. The lowest BCUT2D eigenvalue weighted by Crippen LogP contribution is -2.35. The average molecular weight is 411 g/mol. The molecule has 0 unspecified atom stereocenters. The number of rotatable bonds is 5. The van der Waals surface area contributed by atoms with Crippen molar-refractivity contribution in [3.05, 3.63) is 63.6 Å². The number of likely N-dealkylation sites (tertiary alicyclic amines) is 1. The highest BCUT2D eigenvalue weighted by atomic mass is 32.1. The quantitative estimate of drug-likeness (QED) is 0.696. The predicted octanol–water partition coefficient (Wildman–Crippen LogP) is 2.37. The summed E-state index contributed by atoms with van der Waals surface area (Å²) < 4.78 is 2.27. The first kappa shape index (κ1) is 18.9. The maximum absolute atomic E-state index is 10.3. The van der Waals surface area contributed by atoms with Gasteiger partial charge in [0.25, 0.3) is 0 Å². The first-order valence-corrected chi connectivity index (χ1v) is 11.0. The Labute approximate surface area is 174 Å². The van der Waals surface area contributed by atoms with Gasteiger partial charge in [-0.1, -0.05) is 6.07 Å². The molecule has 2 aliphatic rings. The molecule has 5 rings (SSSR count). The van der Waals surface area contributed by atoms with Crippen molar-refractivity contribution < 1.29 is 5.11 Å². The molecule has 1 fully saturated rings. The molecule has 0 saturated carbocycles. The molecule has 2 atom stereocenters. The highest BCUT2D eigenvalue weighted by Crippen LogP contribution is 2.33. The number of pyridine rings is 1. The van der Waals surface area contributed by atoms with Crippen LogP contribution in [0.2, 0.25) is 0 Å². The summed E-state index contributed by atoms with van der Waals surface area (Å²) in [6.45, 7) is 7.29. The molecule has 7 nitrogen and oxygen atoms in total. The van der Waals surface area contributed by atoms with Gasteiger partial charge < -0.3 is 9.67 Å². The van der Waals surface area contributed by atoms with Gasteiger partial charge in [-0.15, -0.1) is 21.5 Å². The standard InChI is InChI=1S/C21H26N6OS/c1-15-4-8-29-19(15)13-25-6-7-27-20(14-25)23-24-21(27)18-9-17(28)12-26(18)11-16-3-2-5-22-10-16/h2-5,8,10,17-18,28H,6-7,9,11-14H2,1H3/t17-,18+/m1/s1. The van der Waals surface area contributed by atoms with E-state index in [4.69, 9.17) is 0 Å². The number of thiophene rings is 1. The molecule has 0 radical (unpaired) electrons. The lowest BCUT2D eigenvalue weighted by Gasteiger charge is -2.29. The summed E-state index contributed by atoms with van der Waals surface area (Å²) in [5.41, 5.74) is 2.52. The van der Waals surface area contributed by atoms with Crippen LogP contribution in [0, 0.1) is 6.92 Å². The number of β-amino-alcohol motifs (C(OH)–C–C–N with tert-alkyl or cyclic N) is 1. The van der Waals surface area contributed by atoms with E-state index >= 15 is 0 Å². The molecule has 2 aliphatic heterocycles. The second-order valence-electron chi connectivity index (χ2n) is 8.06. The Morgan fingerprint density at radius 2 is 2.14 bits per heavy atom. The first-order chi connectivity index (χ1) is 14.2. The van der Waals surface area contributed by atoms with Crippen LogP contribution in [0.3, 0.4) is 0 Å². The highest BCUT2D eigenvalue weighted by molar-refractivity contribution is 7.10. The van der Waals surface area contributed by atoms with E-state index in [-0.39, 0.29) is 12.1 Å². The van der Waals surface area contributed by atoms with Gasteiger partial charge in [-0.25, -0.2) is 0 Å². The van der Waals surface area contributed by atoms with Crippen molar-refractivity contribution in [2.45, 2.75) is 51.7 Å². The van der Waals surface area contributed by atoms with Gasteiger partial charge in [0.1, 0.15) is 5.82 Å². The smallest absolute Gasteiger partial charge is 0.150 e. The normalized spacial score (nSPS) is 22.8. The first-order valence-electron chi connectivity index (χ1n) is 10.2. The van der Waals surface area contributed by atoms with Gasteiger partial charge in [0.05, 0.1) is 18.7 Å². The fourth-order valence-corrected chi connectivity index (χ4v) is 5.38. The molecular weight excluding hydrogens is 384 g/mol. The molecule has 3 aromatic rings. The van der Waals surface area contributed by atoms with Crippen molar-refractivity contribution in [2.24, 2.45) is 0 Å². The number of aryl methyl sites for hydroxylation is 1. The van der Waals surface area contributed by atoms with Crippen molar-refractivity contribution in [3.8, 4) is 0 Å². The van der Waals surface area contributed by atoms with Crippen LogP contribution in [0.4, 0.5) is 0 Å². The van der Waals surface area contributed by atoms with Crippen LogP contribution in [0.15, 0.2) is 36.0 Å². The third-order valence-electron chi connectivity index (χ3n) is 5.98. The van der Waals surface area contributed by atoms with E-state index in [0.717, 1.165) is 49.9 Å². The molecule has 29 heavy (non-hydrogen) atoms. The lowest BCUT2D eigenvalue weighted by molar-refractivity contribution is 0.171. The lowest BCUT2D eigenvalue weighted by atomic mass is 10.1. The number of hydrogen-bond donors (Lipinski definition) is 1. The highest BCUT2D eigenvalue weighted by Gasteiger charge is 2.36. The van der Waals surface area contributed by atoms with Crippen molar-refractivity contribution in [1.29, 1.82) is 0 Å². The molecule has 0 amide bonds. The fourth-order valence-electron chi connectivity index (χ4n) is 4.43. The van der Waals surface area contributed by atoms with Gasteiger partial charge in [-0.2, -0.15) is 0 Å². The van der Waals surface area contributed by atoms with Gasteiger partial charge in [0, 0.05) is 50.0 Å². The van der Waals surface area contributed by atoms with Crippen molar-refractivity contribution in [3.63, 3.8) is 0 Å². The monoisotopic (exact) mass is 410 g/mol. The molecular formula is C21H26N6OS. The maximum Gasteiger partial charge on any atom is 0.150 e. The molecule has 5 heterocycles. The second kappa shape index (κ2) is 7.95. The van der Waals surface area contributed by atoms with Crippen molar-refractivity contribution in [2.75, 3.05) is 13.1 Å². The Hall–Kier alpha value is -2.13. The number of nitrogens with zero attached hydrogens (tertiary/aromatic N) is 6. The topological polar surface area (TPSA) is 70.3 Å². The summed E-state index contributed by atoms with van der Waals surface area (Å²) in [7, 11) is 0. The molecule has 0 aliphatic carbocycles. The molecule has 3 aromatic heterocycles. The van der Waals surface area contributed by atoms with Crippen molar-refractivity contribution in [1.82, 2.24) is 29.5 Å². The van der Waals surface area contributed by atoms with Crippen LogP contribution in [0.5, 0.6) is 0 Å². The van der Waals surface area contributed by atoms with Crippen LogP contribution >= 0.6 is 11.3 Å². The van der Waals surface area contributed by atoms with Crippen LogP contribution in [0.25, 0.3) is 0 Å². The Bertz CT molecular complexity index is 971. The maximum atomic E-state index is 10.3. The van der Waals surface area contributed by atoms with E-state index < -0.39 is 0 Å². The third-order valence-corrected chi connectivity index (χ3v) is 6.99. The average Bonchev–Trinajstić information content (AvgIpc) is 3.41. The summed E-state index contributed by atoms with van der Waals surface area (Å²) in [5, 5.41) is 21.6. The molecule has 1 N–H and O–H groups in total. The molecule has 1 saturated heterocycles. The van der Waals surface area contributed by atoms with E-state index in [1.54, 1.807) is 6.20 Å². The van der Waals surface area contributed by atoms with E-state index in [1.807, 2.05) is 23.6 Å². The fraction of sp³-hybridized carbons (Fsp3) is 0.476. The summed E-state index contributed by atoms with van der Waals surface area (Å²) in [6.07, 6.45) is 4.06. The van der Waals surface area contributed by atoms with Gasteiger partial charge in [0.2, 0.25) is 0 Å². The van der Waals surface area contributed by atoms with Crippen LogP contribution in [-0.2, 0) is 26.2 Å². The largest absolute Gasteiger partial charge is 0.392 e. The van der Waals surface area contributed by atoms with Gasteiger partial charge in [-0.3, -0.25) is 14.8 Å². The minimum Gasteiger partial charge on any atom is -0.392 e. The van der Waals surface area contributed by atoms with E-state index in [2.05, 4.69) is 54.0 Å². The Balaban J connectivity index is 1.33. The van der Waals surface area contributed by atoms with E-state index in [1.165, 1.54) is 10.4 Å². The van der Waals surface area contributed by atoms with E-state index in [0.29, 0.717) is 13.0 Å². The molecule has 0 spiro atoms. The Kier molecular flexibility index (Phi) is 5.17. The minimum absolute atomic E-state index is 0.0950. The van der Waals surface area contributed by atoms with E-state index in [9.17, 15) is 5.11 Å². The zero-order valence-electron chi connectivity index (χ0n) is 16.6. The molecule has 152 valence electrons. The number of fused-ring (bicyclic) bond motifs is 1. The Morgan fingerprint density at radius 1 is 1.21 bits per heavy atom. The van der Waals surface area contributed by atoms with Crippen LogP contribution in [-0.4, -0.2) is 53.8 Å². The number of aromatic nitrogens is 4. The summed E-state index contributed by atoms with van der Waals surface area (Å²) in [4.78, 5) is 10.4. The van der Waals surface area contributed by atoms with Gasteiger partial charge >= 0.3 is 0 Å². The van der Waals surface area contributed by atoms with Crippen LogP contribution in [0.1, 0.15) is 40.1 Å². The minimum atomic E-state index is -0.327. The second-order valence-corrected chi connectivity index (χ2v) is 9.06. The number of hydrogen-bond acceptors (Lipinski definition) is 7.